The molecule has 2 N–H and O–H groups in total. The minimum Gasteiger partial charge on any atom is -0.319 e. The predicted molar refractivity (Wildman–Crippen MR) is 45.2 cm³/mol. The third kappa shape index (κ3) is 2.03. The van der Waals surface area contributed by atoms with Gasteiger partial charge in [0, 0.05) is 5.92 Å². The first-order chi connectivity index (χ1) is 5.08. The van der Waals surface area contributed by atoms with Crippen LogP contribution in [0.15, 0.2) is 0 Å². The molecule has 0 aromatic carbocycles. The van der Waals surface area contributed by atoms with E-state index in [4.69, 9.17) is 5.73 Å². The molecule has 0 bridgehead atoms. The average molecular weight is 155 g/mol. The third-order valence-corrected chi connectivity index (χ3v) is 2.28. The van der Waals surface area contributed by atoms with Crippen LogP contribution in [-0.2, 0) is 4.79 Å². The topological polar surface area (TPSA) is 43.1 Å². The SMILES string of the molecule is CCCC(C)(N)C(=O)C1CC1. The van der Waals surface area contributed by atoms with Crippen LogP contribution in [0.2, 0.25) is 0 Å². The van der Waals surface area contributed by atoms with Gasteiger partial charge in [0.05, 0.1) is 5.54 Å². The first-order valence-corrected chi connectivity index (χ1v) is 4.41. The summed E-state index contributed by atoms with van der Waals surface area (Å²) >= 11 is 0. The van der Waals surface area contributed by atoms with Crippen LogP contribution in [-0.4, -0.2) is 11.3 Å². The first-order valence-electron chi connectivity index (χ1n) is 4.41. The predicted octanol–water partition coefficient (Wildman–Crippen LogP) is 1.48. The van der Waals surface area contributed by atoms with Crippen molar-refractivity contribution in [2.45, 2.75) is 45.1 Å². The molecule has 2 heteroatoms. The van der Waals surface area contributed by atoms with Crippen LogP contribution in [0.25, 0.3) is 0 Å². The van der Waals surface area contributed by atoms with Crippen molar-refractivity contribution in [3.8, 4) is 0 Å². The van der Waals surface area contributed by atoms with Crippen LogP contribution in [0.5, 0.6) is 0 Å². The highest BCUT2D eigenvalue weighted by Gasteiger charge is 2.39. The van der Waals surface area contributed by atoms with Gasteiger partial charge in [0.25, 0.3) is 0 Å². The standard InChI is InChI=1S/C9H17NO/c1-3-6-9(2,10)8(11)7-4-5-7/h7H,3-6,10H2,1-2H3. The van der Waals surface area contributed by atoms with Gasteiger partial charge in [-0.15, -0.1) is 0 Å². The lowest BCUT2D eigenvalue weighted by molar-refractivity contribution is -0.125. The highest BCUT2D eigenvalue weighted by Crippen LogP contribution is 2.34. The van der Waals surface area contributed by atoms with Crippen LogP contribution < -0.4 is 5.73 Å². The van der Waals surface area contributed by atoms with Gasteiger partial charge in [-0.05, 0) is 26.2 Å². The Balaban J connectivity index is 2.47. The Morgan fingerprint density at radius 3 is 2.55 bits per heavy atom. The second-order valence-corrected chi connectivity index (χ2v) is 3.81. The number of hydrogen-bond acceptors (Lipinski definition) is 2. The second-order valence-electron chi connectivity index (χ2n) is 3.81. The van der Waals surface area contributed by atoms with Crippen LogP contribution in [0.1, 0.15) is 39.5 Å². The molecule has 0 heterocycles. The Morgan fingerprint density at radius 2 is 2.18 bits per heavy atom. The van der Waals surface area contributed by atoms with Crippen molar-refractivity contribution in [2.75, 3.05) is 0 Å². The maximum absolute atomic E-state index is 11.5. The van der Waals surface area contributed by atoms with Crippen molar-refractivity contribution in [2.24, 2.45) is 11.7 Å². The summed E-state index contributed by atoms with van der Waals surface area (Å²) in [6.45, 7) is 3.92. The van der Waals surface area contributed by atoms with E-state index in [1.54, 1.807) is 0 Å². The van der Waals surface area contributed by atoms with Gasteiger partial charge in [0.1, 0.15) is 0 Å². The lowest BCUT2D eigenvalue weighted by atomic mass is 9.90. The highest BCUT2D eigenvalue weighted by molar-refractivity contribution is 5.91. The lowest BCUT2D eigenvalue weighted by Gasteiger charge is -2.21. The monoisotopic (exact) mass is 155 g/mol. The van der Waals surface area contributed by atoms with Crippen molar-refractivity contribution in [3.63, 3.8) is 0 Å². The lowest BCUT2D eigenvalue weighted by Crippen LogP contribution is -2.45. The second kappa shape index (κ2) is 2.94. The van der Waals surface area contributed by atoms with Crippen LogP contribution in [0.4, 0.5) is 0 Å². The number of nitrogens with two attached hydrogens (primary N) is 1. The van der Waals surface area contributed by atoms with E-state index in [2.05, 4.69) is 6.92 Å². The van der Waals surface area contributed by atoms with Gasteiger partial charge < -0.3 is 5.73 Å². The molecular formula is C9H17NO. The number of rotatable bonds is 4. The maximum atomic E-state index is 11.5. The zero-order valence-corrected chi connectivity index (χ0v) is 7.39. The molecule has 1 saturated carbocycles. The Kier molecular flexibility index (Phi) is 2.33. The number of ketones is 1. The molecule has 0 aliphatic heterocycles. The van der Waals surface area contributed by atoms with Gasteiger partial charge >= 0.3 is 0 Å². The molecule has 0 amide bonds. The molecule has 2 nitrogen and oxygen atoms in total. The zero-order chi connectivity index (χ0) is 8.48. The summed E-state index contributed by atoms with van der Waals surface area (Å²) in [5, 5.41) is 0. The summed E-state index contributed by atoms with van der Waals surface area (Å²) in [7, 11) is 0. The fourth-order valence-electron chi connectivity index (χ4n) is 1.45. The molecule has 1 atom stereocenters. The minimum atomic E-state index is -0.546. The van der Waals surface area contributed by atoms with E-state index in [1.165, 1.54) is 0 Å². The Labute approximate surface area is 68.2 Å². The van der Waals surface area contributed by atoms with Crippen LogP contribution in [0, 0.1) is 5.92 Å². The first kappa shape index (κ1) is 8.72. The normalized spacial score (nSPS) is 22.8. The summed E-state index contributed by atoms with van der Waals surface area (Å²) in [4.78, 5) is 11.5. The van der Waals surface area contributed by atoms with E-state index < -0.39 is 5.54 Å². The molecule has 0 spiro atoms. The van der Waals surface area contributed by atoms with Gasteiger partial charge in [-0.1, -0.05) is 13.3 Å². The molecule has 64 valence electrons. The average Bonchev–Trinajstić information content (AvgIpc) is 2.67. The Hall–Kier alpha value is -0.370. The van der Waals surface area contributed by atoms with E-state index in [0.717, 1.165) is 25.7 Å². The zero-order valence-electron chi connectivity index (χ0n) is 7.39. The maximum Gasteiger partial charge on any atom is 0.155 e. The molecule has 1 rings (SSSR count). The molecule has 0 radical (unpaired) electrons. The third-order valence-electron chi connectivity index (χ3n) is 2.28. The Bertz CT molecular complexity index is 159. The quantitative estimate of drug-likeness (QED) is 0.668. The summed E-state index contributed by atoms with van der Waals surface area (Å²) in [5.74, 6) is 0.580. The van der Waals surface area contributed by atoms with Crippen molar-refractivity contribution in [3.05, 3.63) is 0 Å². The van der Waals surface area contributed by atoms with E-state index in [0.29, 0.717) is 5.92 Å². The number of carbonyl (C=O) groups is 1. The fraction of sp³-hybridized carbons (Fsp3) is 0.889. The summed E-state index contributed by atoms with van der Waals surface area (Å²) in [6.07, 6.45) is 3.94. The molecule has 1 aliphatic carbocycles. The molecule has 1 aliphatic rings. The summed E-state index contributed by atoms with van der Waals surface area (Å²) < 4.78 is 0. The number of hydrogen-bond donors (Lipinski definition) is 1. The van der Waals surface area contributed by atoms with Gasteiger partial charge in [0.15, 0.2) is 5.78 Å². The van der Waals surface area contributed by atoms with E-state index >= 15 is 0 Å². The summed E-state index contributed by atoms with van der Waals surface area (Å²) in [5.41, 5.74) is 5.32. The molecule has 0 aromatic rings. The number of Topliss-reactive ketones (excluding diaryl/α,β-unsaturated/α-hetero) is 1. The smallest absolute Gasteiger partial charge is 0.155 e. The van der Waals surface area contributed by atoms with Crippen molar-refractivity contribution >= 4 is 5.78 Å². The largest absolute Gasteiger partial charge is 0.319 e. The number of carbonyl (C=O) groups excluding carboxylic acids is 1. The molecule has 1 unspecified atom stereocenters. The van der Waals surface area contributed by atoms with E-state index in [1.807, 2.05) is 6.92 Å². The van der Waals surface area contributed by atoms with E-state index in [9.17, 15) is 4.79 Å². The molecule has 11 heavy (non-hydrogen) atoms. The molecular weight excluding hydrogens is 138 g/mol. The minimum absolute atomic E-state index is 0.277. The van der Waals surface area contributed by atoms with Crippen molar-refractivity contribution in [1.29, 1.82) is 0 Å². The van der Waals surface area contributed by atoms with Crippen LogP contribution >= 0.6 is 0 Å². The molecule has 0 saturated heterocycles. The summed E-state index contributed by atoms with van der Waals surface area (Å²) in [6, 6.07) is 0. The molecule has 1 fully saturated rings. The molecule has 0 aromatic heterocycles. The van der Waals surface area contributed by atoms with E-state index in [-0.39, 0.29) is 5.78 Å². The Morgan fingerprint density at radius 1 is 1.64 bits per heavy atom. The van der Waals surface area contributed by atoms with Gasteiger partial charge in [0.2, 0.25) is 0 Å². The van der Waals surface area contributed by atoms with Gasteiger partial charge in [-0.25, -0.2) is 0 Å². The van der Waals surface area contributed by atoms with Gasteiger partial charge in [-0.3, -0.25) is 4.79 Å². The fourth-order valence-corrected chi connectivity index (χ4v) is 1.45. The van der Waals surface area contributed by atoms with Crippen LogP contribution in [0.3, 0.4) is 0 Å². The van der Waals surface area contributed by atoms with Crippen molar-refractivity contribution in [1.82, 2.24) is 0 Å². The van der Waals surface area contributed by atoms with Gasteiger partial charge in [-0.2, -0.15) is 0 Å². The van der Waals surface area contributed by atoms with Crippen molar-refractivity contribution < 1.29 is 4.79 Å². The highest BCUT2D eigenvalue weighted by atomic mass is 16.1.